The standard InChI is InChI=1S/C9H13BrOS/c1-2-8(11)4-3-7-5-12-6-9(7)10/h5-6,8,11H,2-4H2,1H3. The molecule has 0 spiro atoms. The first-order valence-corrected chi connectivity index (χ1v) is 5.86. The third kappa shape index (κ3) is 2.88. The van der Waals surface area contributed by atoms with Crippen LogP contribution in [0.3, 0.4) is 0 Å². The molecule has 1 heterocycles. The highest BCUT2D eigenvalue weighted by molar-refractivity contribution is 9.10. The number of halogens is 1. The van der Waals surface area contributed by atoms with E-state index in [9.17, 15) is 5.11 Å². The molecule has 1 rings (SSSR count). The first-order chi connectivity index (χ1) is 5.74. The van der Waals surface area contributed by atoms with Crippen molar-refractivity contribution in [3.63, 3.8) is 0 Å². The van der Waals surface area contributed by atoms with E-state index in [-0.39, 0.29) is 6.10 Å². The van der Waals surface area contributed by atoms with Gasteiger partial charge in [0.25, 0.3) is 0 Å². The van der Waals surface area contributed by atoms with Crippen LogP contribution in [-0.2, 0) is 6.42 Å². The molecule has 12 heavy (non-hydrogen) atoms. The van der Waals surface area contributed by atoms with Crippen LogP contribution in [0.1, 0.15) is 25.3 Å². The van der Waals surface area contributed by atoms with Gasteiger partial charge in [-0.15, -0.1) is 0 Å². The third-order valence-electron chi connectivity index (χ3n) is 1.91. The fraction of sp³-hybridized carbons (Fsp3) is 0.556. The number of aryl methyl sites for hydroxylation is 1. The smallest absolute Gasteiger partial charge is 0.0540 e. The lowest BCUT2D eigenvalue weighted by molar-refractivity contribution is 0.160. The molecule has 3 heteroatoms. The SMILES string of the molecule is CCC(O)CCc1cscc1Br. The molecule has 0 saturated carbocycles. The fourth-order valence-electron chi connectivity index (χ4n) is 1.01. The molecule has 1 unspecified atom stereocenters. The van der Waals surface area contributed by atoms with Crippen molar-refractivity contribution in [2.75, 3.05) is 0 Å². The summed E-state index contributed by atoms with van der Waals surface area (Å²) in [5.74, 6) is 0. The van der Waals surface area contributed by atoms with Crippen LogP contribution >= 0.6 is 27.3 Å². The molecule has 1 atom stereocenters. The summed E-state index contributed by atoms with van der Waals surface area (Å²) in [5, 5.41) is 13.5. The largest absolute Gasteiger partial charge is 0.393 e. The van der Waals surface area contributed by atoms with Crippen LogP contribution in [0.5, 0.6) is 0 Å². The molecule has 1 aromatic rings. The molecule has 0 bridgehead atoms. The maximum Gasteiger partial charge on any atom is 0.0540 e. The van der Waals surface area contributed by atoms with E-state index in [1.54, 1.807) is 11.3 Å². The molecular formula is C9H13BrOS. The summed E-state index contributed by atoms with van der Waals surface area (Å²) in [4.78, 5) is 0. The minimum atomic E-state index is -0.142. The molecule has 1 nitrogen and oxygen atoms in total. The minimum Gasteiger partial charge on any atom is -0.393 e. The molecule has 0 radical (unpaired) electrons. The molecule has 0 aliphatic carbocycles. The van der Waals surface area contributed by atoms with Crippen LogP contribution in [0.2, 0.25) is 0 Å². The van der Waals surface area contributed by atoms with Gasteiger partial charge in [0.2, 0.25) is 0 Å². The maximum absolute atomic E-state index is 9.34. The van der Waals surface area contributed by atoms with E-state index in [0.717, 1.165) is 19.3 Å². The molecule has 0 aromatic carbocycles. The number of aliphatic hydroxyl groups excluding tert-OH is 1. The summed E-state index contributed by atoms with van der Waals surface area (Å²) >= 11 is 5.16. The molecule has 0 aliphatic heterocycles. The number of rotatable bonds is 4. The van der Waals surface area contributed by atoms with Gasteiger partial charge in [-0.25, -0.2) is 0 Å². The normalized spacial score (nSPS) is 13.2. The van der Waals surface area contributed by atoms with Gasteiger partial charge in [-0.1, -0.05) is 6.92 Å². The van der Waals surface area contributed by atoms with Gasteiger partial charge in [0.1, 0.15) is 0 Å². The highest BCUT2D eigenvalue weighted by atomic mass is 79.9. The van der Waals surface area contributed by atoms with Crippen molar-refractivity contribution >= 4 is 27.3 Å². The summed E-state index contributed by atoms with van der Waals surface area (Å²) in [5.41, 5.74) is 1.31. The highest BCUT2D eigenvalue weighted by Crippen LogP contribution is 2.23. The third-order valence-corrected chi connectivity index (χ3v) is 3.74. The average Bonchev–Trinajstić information content (AvgIpc) is 2.47. The Morgan fingerprint density at radius 2 is 2.33 bits per heavy atom. The van der Waals surface area contributed by atoms with Crippen molar-refractivity contribution < 1.29 is 5.11 Å². The Bertz CT molecular complexity index is 234. The summed E-state index contributed by atoms with van der Waals surface area (Å²) < 4.78 is 1.18. The number of thiophene rings is 1. The van der Waals surface area contributed by atoms with Crippen LogP contribution in [-0.4, -0.2) is 11.2 Å². The van der Waals surface area contributed by atoms with Gasteiger partial charge < -0.3 is 5.11 Å². The zero-order chi connectivity index (χ0) is 8.97. The van der Waals surface area contributed by atoms with Crippen molar-refractivity contribution in [3.05, 3.63) is 20.8 Å². The highest BCUT2D eigenvalue weighted by Gasteiger charge is 2.04. The molecule has 0 saturated heterocycles. The van der Waals surface area contributed by atoms with Gasteiger partial charge in [0.05, 0.1) is 6.10 Å². The number of hydrogen-bond acceptors (Lipinski definition) is 2. The lowest BCUT2D eigenvalue weighted by atomic mass is 10.1. The van der Waals surface area contributed by atoms with Crippen molar-refractivity contribution in [2.24, 2.45) is 0 Å². The maximum atomic E-state index is 9.34. The van der Waals surface area contributed by atoms with Gasteiger partial charge in [-0.3, -0.25) is 0 Å². The minimum absolute atomic E-state index is 0.142. The predicted molar refractivity (Wildman–Crippen MR) is 56.6 cm³/mol. The molecule has 68 valence electrons. The molecule has 1 aromatic heterocycles. The Hall–Kier alpha value is 0.140. The number of hydrogen-bond donors (Lipinski definition) is 1. The van der Waals surface area contributed by atoms with Crippen molar-refractivity contribution in [2.45, 2.75) is 32.3 Å². The number of aliphatic hydroxyl groups is 1. The average molecular weight is 249 g/mol. The zero-order valence-corrected chi connectivity index (χ0v) is 9.49. The summed E-state index contributed by atoms with van der Waals surface area (Å²) in [6, 6.07) is 0. The van der Waals surface area contributed by atoms with Gasteiger partial charge >= 0.3 is 0 Å². The van der Waals surface area contributed by atoms with Gasteiger partial charge in [-0.2, -0.15) is 11.3 Å². The molecule has 0 fully saturated rings. The second kappa shape index (κ2) is 5.00. The van der Waals surface area contributed by atoms with Crippen LogP contribution < -0.4 is 0 Å². The van der Waals surface area contributed by atoms with Crippen molar-refractivity contribution in [3.8, 4) is 0 Å². The second-order valence-corrected chi connectivity index (χ2v) is 4.44. The topological polar surface area (TPSA) is 20.2 Å². The van der Waals surface area contributed by atoms with Crippen LogP contribution in [0.25, 0.3) is 0 Å². The van der Waals surface area contributed by atoms with Crippen molar-refractivity contribution in [1.29, 1.82) is 0 Å². The Balaban J connectivity index is 2.38. The van der Waals surface area contributed by atoms with E-state index in [2.05, 4.69) is 26.7 Å². The second-order valence-electron chi connectivity index (χ2n) is 2.85. The van der Waals surface area contributed by atoms with Gasteiger partial charge in [-0.05, 0) is 46.1 Å². The molecule has 1 N–H and O–H groups in total. The lowest BCUT2D eigenvalue weighted by Crippen LogP contribution is -2.05. The van der Waals surface area contributed by atoms with Crippen LogP contribution in [0, 0.1) is 0 Å². The van der Waals surface area contributed by atoms with Crippen molar-refractivity contribution in [1.82, 2.24) is 0 Å². The monoisotopic (exact) mass is 248 g/mol. The molecule has 0 amide bonds. The van der Waals surface area contributed by atoms with E-state index < -0.39 is 0 Å². The Morgan fingerprint density at radius 1 is 1.58 bits per heavy atom. The van der Waals surface area contributed by atoms with Crippen LogP contribution in [0.15, 0.2) is 15.2 Å². The Kier molecular flexibility index (Phi) is 4.26. The van der Waals surface area contributed by atoms with E-state index in [4.69, 9.17) is 0 Å². The van der Waals surface area contributed by atoms with E-state index in [0.29, 0.717) is 0 Å². The summed E-state index contributed by atoms with van der Waals surface area (Å²) in [7, 11) is 0. The molecule has 0 aliphatic rings. The first kappa shape index (κ1) is 10.2. The Morgan fingerprint density at radius 3 is 2.83 bits per heavy atom. The Labute approximate surface area is 85.6 Å². The molecular weight excluding hydrogens is 236 g/mol. The summed E-state index contributed by atoms with van der Waals surface area (Å²) in [6.45, 7) is 2.01. The van der Waals surface area contributed by atoms with Crippen LogP contribution in [0.4, 0.5) is 0 Å². The van der Waals surface area contributed by atoms with E-state index in [1.165, 1.54) is 10.0 Å². The lowest BCUT2D eigenvalue weighted by Gasteiger charge is -2.05. The van der Waals surface area contributed by atoms with E-state index >= 15 is 0 Å². The predicted octanol–water partition coefficient (Wildman–Crippen LogP) is 3.21. The van der Waals surface area contributed by atoms with Gasteiger partial charge in [0, 0.05) is 9.85 Å². The summed E-state index contributed by atoms with van der Waals surface area (Å²) in [6.07, 6.45) is 2.55. The first-order valence-electron chi connectivity index (χ1n) is 4.12. The quantitative estimate of drug-likeness (QED) is 0.868. The van der Waals surface area contributed by atoms with E-state index in [1.807, 2.05) is 6.92 Å². The fourth-order valence-corrected chi connectivity index (χ4v) is 2.55. The van der Waals surface area contributed by atoms with Gasteiger partial charge in [0.15, 0.2) is 0 Å². The zero-order valence-electron chi connectivity index (χ0n) is 7.09.